The summed E-state index contributed by atoms with van der Waals surface area (Å²) in [5, 5.41) is -0.156. The van der Waals surface area contributed by atoms with Crippen LogP contribution in [-0.2, 0) is 10.0 Å². The van der Waals surface area contributed by atoms with Gasteiger partial charge in [-0.15, -0.1) is 0 Å². The summed E-state index contributed by atoms with van der Waals surface area (Å²) in [6.07, 6.45) is 5.21. The van der Waals surface area contributed by atoms with E-state index in [1.807, 2.05) is 25.1 Å². The largest absolute Gasteiger partial charge is 0.363 e. The second-order valence-electron chi connectivity index (χ2n) is 6.61. The molecule has 0 N–H and O–H groups in total. The summed E-state index contributed by atoms with van der Waals surface area (Å²) >= 11 is 0. The van der Waals surface area contributed by atoms with Crippen molar-refractivity contribution in [2.24, 2.45) is 0 Å². The molecule has 0 aromatic carbocycles. The molecule has 0 radical (unpaired) electrons. The van der Waals surface area contributed by atoms with Crippen LogP contribution in [0.1, 0.15) is 25.7 Å². The van der Waals surface area contributed by atoms with Crippen LogP contribution in [-0.4, -0.2) is 68.2 Å². The SMILES string of the molecule is CN(C)c1ccnc(N2CCCC(N(C)S(=O)(=O)C3CC3)C2)n1. The van der Waals surface area contributed by atoms with Crippen LogP contribution in [0, 0.1) is 0 Å². The summed E-state index contributed by atoms with van der Waals surface area (Å²) < 4.78 is 26.5. The predicted octanol–water partition coefficient (Wildman–Crippen LogP) is 0.935. The van der Waals surface area contributed by atoms with Crippen molar-refractivity contribution in [3.8, 4) is 0 Å². The maximum absolute atomic E-state index is 12.4. The van der Waals surface area contributed by atoms with Crippen molar-refractivity contribution in [2.75, 3.05) is 44.0 Å². The first-order valence-electron chi connectivity index (χ1n) is 8.12. The van der Waals surface area contributed by atoms with Crippen LogP contribution >= 0.6 is 0 Å². The van der Waals surface area contributed by atoms with Gasteiger partial charge < -0.3 is 9.80 Å². The van der Waals surface area contributed by atoms with Gasteiger partial charge in [0.25, 0.3) is 0 Å². The van der Waals surface area contributed by atoms with Crippen molar-refractivity contribution < 1.29 is 8.42 Å². The molecule has 2 heterocycles. The highest BCUT2D eigenvalue weighted by atomic mass is 32.2. The molecular formula is C15H25N5O2S. The summed E-state index contributed by atoms with van der Waals surface area (Å²) in [6.45, 7) is 1.52. The molecule has 1 atom stereocenters. The molecule has 0 bridgehead atoms. The predicted molar refractivity (Wildman–Crippen MR) is 91.3 cm³/mol. The summed E-state index contributed by atoms with van der Waals surface area (Å²) in [4.78, 5) is 13.0. The van der Waals surface area contributed by atoms with Gasteiger partial charge in [-0.05, 0) is 31.7 Å². The van der Waals surface area contributed by atoms with Crippen LogP contribution < -0.4 is 9.80 Å². The number of aromatic nitrogens is 2. The molecule has 2 aliphatic rings. The molecule has 1 unspecified atom stereocenters. The average Bonchev–Trinajstić information content (AvgIpc) is 3.39. The van der Waals surface area contributed by atoms with Crippen LogP contribution in [0.3, 0.4) is 0 Å². The van der Waals surface area contributed by atoms with Gasteiger partial charge in [0.05, 0.1) is 5.25 Å². The number of likely N-dealkylation sites (N-methyl/N-ethyl adjacent to an activating group) is 1. The van der Waals surface area contributed by atoms with E-state index in [1.165, 1.54) is 0 Å². The molecular weight excluding hydrogens is 314 g/mol. The topological polar surface area (TPSA) is 69.6 Å². The molecule has 1 saturated heterocycles. The van der Waals surface area contributed by atoms with E-state index in [4.69, 9.17) is 0 Å². The molecule has 128 valence electrons. The van der Waals surface area contributed by atoms with E-state index in [0.29, 0.717) is 12.5 Å². The van der Waals surface area contributed by atoms with E-state index in [9.17, 15) is 8.42 Å². The lowest BCUT2D eigenvalue weighted by molar-refractivity contribution is 0.318. The van der Waals surface area contributed by atoms with E-state index in [2.05, 4.69) is 14.9 Å². The molecule has 0 amide bonds. The standard InChI is InChI=1S/C15H25N5O2S/c1-18(2)14-8-9-16-15(17-14)20-10-4-5-12(11-20)19(3)23(21,22)13-6-7-13/h8-9,12-13H,4-7,10-11H2,1-3H3. The third-order valence-corrected chi connectivity index (χ3v) is 7.04. The van der Waals surface area contributed by atoms with Crippen molar-refractivity contribution in [1.29, 1.82) is 0 Å². The molecule has 2 fully saturated rings. The van der Waals surface area contributed by atoms with Gasteiger partial charge in [-0.2, -0.15) is 9.29 Å². The smallest absolute Gasteiger partial charge is 0.227 e. The van der Waals surface area contributed by atoms with Crippen LogP contribution in [0.2, 0.25) is 0 Å². The molecule has 1 aromatic rings. The Morgan fingerprint density at radius 3 is 2.61 bits per heavy atom. The van der Waals surface area contributed by atoms with Crippen molar-refractivity contribution in [3.63, 3.8) is 0 Å². The molecule has 0 spiro atoms. The van der Waals surface area contributed by atoms with Crippen LogP contribution in [0.25, 0.3) is 0 Å². The van der Waals surface area contributed by atoms with Crippen molar-refractivity contribution in [1.82, 2.24) is 14.3 Å². The number of anilines is 2. The zero-order valence-electron chi connectivity index (χ0n) is 14.0. The molecule has 7 nitrogen and oxygen atoms in total. The zero-order valence-corrected chi connectivity index (χ0v) is 14.8. The van der Waals surface area contributed by atoms with Crippen LogP contribution in [0.15, 0.2) is 12.3 Å². The van der Waals surface area contributed by atoms with E-state index in [-0.39, 0.29) is 11.3 Å². The highest BCUT2D eigenvalue weighted by Gasteiger charge is 2.41. The van der Waals surface area contributed by atoms with Gasteiger partial charge in [-0.25, -0.2) is 13.4 Å². The number of piperidine rings is 1. The van der Waals surface area contributed by atoms with Gasteiger partial charge in [-0.3, -0.25) is 0 Å². The second kappa shape index (κ2) is 6.24. The Labute approximate surface area is 138 Å². The van der Waals surface area contributed by atoms with Crippen LogP contribution in [0.4, 0.5) is 11.8 Å². The Kier molecular flexibility index (Phi) is 4.46. The van der Waals surface area contributed by atoms with E-state index in [1.54, 1.807) is 17.5 Å². The minimum atomic E-state index is -3.14. The first-order valence-corrected chi connectivity index (χ1v) is 9.62. The van der Waals surface area contributed by atoms with Gasteiger partial charge in [0.2, 0.25) is 16.0 Å². The van der Waals surface area contributed by atoms with Gasteiger partial charge in [0, 0.05) is 46.5 Å². The van der Waals surface area contributed by atoms with E-state index in [0.717, 1.165) is 38.0 Å². The van der Waals surface area contributed by atoms with E-state index >= 15 is 0 Å². The number of sulfonamides is 1. The summed E-state index contributed by atoms with van der Waals surface area (Å²) in [5.41, 5.74) is 0. The molecule has 3 rings (SSSR count). The fourth-order valence-corrected chi connectivity index (χ4v) is 4.77. The Balaban J connectivity index is 1.74. The van der Waals surface area contributed by atoms with Gasteiger partial charge >= 0.3 is 0 Å². The molecule has 1 aromatic heterocycles. The van der Waals surface area contributed by atoms with Crippen LogP contribution in [0.5, 0.6) is 0 Å². The number of rotatable bonds is 5. The highest BCUT2D eigenvalue weighted by molar-refractivity contribution is 7.90. The Morgan fingerprint density at radius 2 is 1.96 bits per heavy atom. The molecule has 1 saturated carbocycles. The lowest BCUT2D eigenvalue weighted by atomic mass is 10.1. The average molecular weight is 339 g/mol. The minimum Gasteiger partial charge on any atom is -0.363 e. The molecule has 23 heavy (non-hydrogen) atoms. The van der Waals surface area contributed by atoms with Crippen molar-refractivity contribution in [2.45, 2.75) is 37.0 Å². The maximum atomic E-state index is 12.4. The fraction of sp³-hybridized carbons (Fsp3) is 0.733. The lowest BCUT2D eigenvalue weighted by Gasteiger charge is -2.37. The number of hydrogen-bond donors (Lipinski definition) is 0. The van der Waals surface area contributed by atoms with Gasteiger partial charge in [-0.1, -0.05) is 0 Å². The molecule has 8 heteroatoms. The fourth-order valence-electron chi connectivity index (χ4n) is 2.98. The normalized spacial score (nSPS) is 22.4. The molecule has 1 aliphatic heterocycles. The second-order valence-corrected chi connectivity index (χ2v) is 8.88. The third-order valence-electron chi connectivity index (χ3n) is 4.63. The Hall–Kier alpha value is -1.41. The number of hydrogen-bond acceptors (Lipinski definition) is 6. The maximum Gasteiger partial charge on any atom is 0.227 e. The highest BCUT2D eigenvalue weighted by Crippen LogP contribution is 2.32. The molecule has 1 aliphatic carbocycles. The minimum absolute atomic E-state index is 0.000891. The first-order chi connectivity index (χ1) is 10.9. The van der Waals surface area contributed by atoms with Gasteiger partial charge in [0.15, 0.2) is 0 Å². The Bertz CT molecular complexity index is 660. The Morgan fingerprint density at radius 1 is 1.22 bits per heavy atom. The third kappa shape index (κ3) is 3.42. The summed E-state index contributed by atoms with van der Waals surface area (Å²) in [7, 11) is 2.48. The number of nitrogens with zero attached hydrogens (tertiary/aromatic N) is 5. The van der Waals surface area contributed by atoms with E-state index < -0.39 is 10.0 Å². The van der Waals surface area contributed by atoms with Gasteiger partial charge in [0.1, 0.15) is 5.82 Å². The van der Waals surface area contributed by atoms with Crippen molar-refractivity contribution in [3.05, 3.63) is 12.3 Å². The summed E-state index contributed by atoms with van der Waals surface area (Å²) in [6, 6.07) is 1.87. The first kappa shape index (κ1) is 16.4. The zero-order chi connectivity index (χ0) is 16.6. The van der Waals surface area contributed by atoms with Crippen molar-refractivity contribution >= 4 is 21.8 Å². The summed E-state index contributed by atoms with van der Waals surface area (Å²) in [5.74, 6) is 1.54. The quantitative estimate of drug-likeness (QED) is 0.795. The monoisotopic (exact) mass is 339 g/mol. The lowest BCUT2D eigenvalue weighted by Crippen LogP contribution is -2.49.